The summed E-state index contributed by atoms with van der Waals surface area (Å²) in [5.74, 6) is -1.32. The number of hydrogen-bond acceptors (Lipinski definition) is 5. The molecule has 0 aliphatic rings. The van der Waals surface area contributed by atoms with Crippen molar-refractivity contribution >= 4 is 33.5 Å². The highest BCUT2D eigenvalue weighted by Gasteiger charge is 2.18. The van der Waals surface area contributed by atoms with Gasteiger partial charge in [-0.05, 0) is 19.1 Å². The molecule has 2 heterocycles. The Morgan fingerprint density at radius 1 is 0.903 bits per heavy atom. The van der Waals surface area contributed by atoms with Crippen LogP contribution < -0.4 is 22.0 Å². The first kappa shape index (κ1) is 20.0. The third-order valence-electron chi connectivity index (χ3n) is 5.07. The SMILES string of the molecule is CCn1nc(C(=O)NNC(=O)c2cc(=O)n(C)c3ccccc23)c2ccccc2c1=O. The molecule has 2 N–H and O–H groups in total. The number of aryl methyl sites for hydroxylation is 2. The molecule has 0 aliphatic carbocycles. The van der Waals surface area contributed by atoms with Gasteiger partial charge in [0.1, 0.15) is 0 Å². The van der Waals surface area contributed by atoms with Gasteiger partial charge in [0.25, 0.3) is 22.9 Å². The number of benzene rings is 2. The van der Waals surface area contributed by atoms with Crippen molar-refractivity contribution in [1.82, 2.24) is 25.2 Å². The third-order valence-corrected chi connectivity index (χ3v) is 5.07. The minimum absolute atomic E-state index is 0.00573. The van der Waals surface area contributed by atoms with Gasteiger partial charge in [-0.2, -0.15) is 5.10 Å². The first-order valence-corrected chi connectivity index (χ1v) is 9.61. The van der Waals surface area contributed by atoms with Gasteiger partial charge in [-0.15, -0.1) is 0 Å². The minimum Gasteiger partial charge on any atom is -0.311 e. The number of nitrogens with one attached hydrogen (secondary N) is 2. The number of para-hydroxylation sites is 1. The van der Waals surface area contributed by atoms with Gasteiger partial charge in [0.15, 0.2) is 5.69 Å². The molecule has 0 radical (unpaired) electrons. The predicted molar refractivity (Wildman–Crippen MR) is 116 cm³/mol. The van der Waals surface area contributed by atoms with Crippen LogP contribution in [0.3, 0.4) is 0 Å². The molecule has 0 spiro atoms. The van der Waals surface area contributed by atoms with Gasteiger partial charge < -0.3 is 4.57 Å². The summed E-state index contributed by atoms with van der Waals surface area (Å²) in [4.78, 5) is 50.2. The van der Waals surface area contributed by atoms with Crippen molar-refractivity contribution in [3.8, 4) is 0 Å². The van der Waals surface area contributed by atoms with Gasteiger partial charge in [0.05, 0.1) is 16.5 Å². The van der Waals surface area contributed by atoms with E-state index in [1.165, 1.54) is 15.3 Å². The molecule has 9 nitrogen and oxygen atoms in total. The standard InChI is InChI=1S/C22H19N5O4/c1-3-27-22(31)15-10-5-4-9-14(15)19(25-27)21(30)24-23-20(29)16-12-18(28)26(2)17-11-7-6-8-13(16)17/h4-12H,3H2,1-2H3,(H,23,29)(H,24,30). The lowest BCUT2D eigenvalue weighted by atomic mass is 10.1. The highest BCUT2D eigenvalue weighted by Crippen LogP contribution is 2.16. The van der Waals surface area contributed by atoms with Gasteiger partial charge in [0.2, 0.25) is 0 Å². The number of amides is 2. The third kappa shape index (κ3) is 3.46. The summed E-state index contributed by atoms with van der Waals surface area (Å²) in [5.41, 5.74) is 4.75. The van der Waals surface area contributed by atoms with E-state index in [4.69, 9.17) is 0 Å². The zero-order valence-electron chi connectivity index (χ0n) is 16.9. The summed E-state index contributed by atoms with van der Waals surface area (Å²) in [7, 11) is 1.62. The molecule has 0 unspecified atom stereocenters. The van der Waals surface area contributed by atoms with Crippen LogP contribution in [0.5, 0.6) is 0 Å². The van der Waals surface area contributed by atoms with E-state index in [9.17, 15) is 19.2 Å². The van der Waals surface area contributed by atoms with Crippen LogP contribution >= 0.6 is 0 Å². The van der Waals surface area contributed by atoms with Crippen molar-refractivity contribution in [2.45, 2.75) is 13.5 Å². The fourth-order valence-electron chi connectivity index (χ4n) is 3.46. The summed E-state index contributed by atoms with van der Waals surface area (Å²) in [6.07, 6.45) is 0. The highest BCUT2D eigenvalue weighted by atomic mass is 16.2. The quantitative estimate of drug-likeness (QED) is 0.488. The molecule has 0 aliphatic heterocycles. The van der Waals surface area contributed by atoms with E-state index in [2.05, 4.69) is 16.0 Å². The Morgan fingerprint density at radius 3 is 2.23 bits per heavy atom. The van der Waals surface area contributed by atoms with Gasteiger partial charge >= 0.3 is 0 Å². The number of carbonyl (C=O) groups excluding carboxylic acids is 2. The number of hydrazine groups is 1. The highest BCUT2D eigenvalue weighted by molar-refractivity contribution is 6.09. The Kier molecular flexibility index (Phi) is 5.08. The maximum absolute atomic E-state index is 12.8. The molecule has 9 heteroatoms. The number of fused-ring (bicyclic) bond motifs is 2. The summed E-state index contributed by atoms with van der Waals surface area (Å²) in [6, 6.07) is 14.8. The number of pyridine rings is 1. The van der Waals surface area contributed by atoms with E-state index in [1.807, 2.05) is 0 Å². The average molecular weight is 417 g/mol. The normalized spacial score (nSPS) is 10.9. The van der Waals surface area contributed by atoms with E-state index in [0.717, 1.165) is 0 Å². The molecule has 2 aromatic heterocycles. The van der Waals surface area contributed by atoms with Crippen molar-refractivity contribution in [2.24, 2.45) is 7.05 Å². The van der Waals surface area contributed by atoms with Gasteiger partial charge in [-0.1, -0.05) is 36.4 Å². The van der Waals surface area contributed by atoms with E-state index in [-0.39, 0.29) is 28.9 Å². The second-order valence-corrected chi connectivity index (χ2v) is 6.90. The molecule has 0 atom stereocenters. The van der Waals surface area contributed by atoms with Gasteiger partial charge in [-0.25, -0.2) is 4.68 Å². The van der Waals surface area contributed by atoms with Gasteiger partial charge in [0, 0.05) is 30.4 Å². The van der Waals surface area contributed by atoms with Crippen LogP contribution in [0.15, 0.2) is 64.2 Å². The summed E-state index contributed by atoms with van der Waals surface area (Å²) < 4.78 is 2.63. The molecule has 0 saturated carbocycles. The molecule has 156 valence electrons. The van der Waals surface area contributed by atoms with E-state index >= 15 is 0 Å². The number of hydrogen-bond donors (Lipinski definition) is 2. The zero-order chi connectivity index (χ0) is 22.1. The smallest absolute Gasteiger partial charge is 0.290 e. The van der Waals surface area contributed by atoms with Crippen LogP contribution in [-0.4, -0.2) is 26.2 Å². The van der Waals surface area contributed by atoms with Crippen LogP contribution in [0.1, 0.15) is 27.8 Å². The predicted octanol–water partition coefficient (Wildman–Crippen LogP) is 1.34. The fraction of sp³-hybridized carbons (Fsp3) is 0.136. The Balaban J connectivity index is 1.66. The molecule has 0 fully saturated rings. The first-order valence-electron chi connectivity index (χ1n) is 9.61. The first-order chi connectivity index (χ1) is 14.9. The van der Waals surface area contributed by atoms with E-state index < -0.39 is 11.8 Å². The largest absolute Gasteiger partial charge is 0.311 e. The summed E-state index contributed by atoms with van der Waals surface area (Å²) >= 11 is 0. The molecular weight excluding hydrogens is 398 g/mol. The number of rotatable bonds is 3. The molecule has 2 amide bonds. The summed E-state index contributed by atoms with van der Waals surface area (Å²) in [5, 5.41) is 5.43. The second-order valence-electron chi connectivity index (χ2n) is 6.90. The molecule has 31 heavy (non-hydrogen) atoms. The lowest BCUT2D eigenvalue weighted by Gasteiger charge is -2.12. The molecular formula is C22H19N5O4. The average Bonchev–Trinajstić information content (AvgIpc) is 2.80. The Labute approximate surface area is 175 Å². The number of nitrogens with zero attached hydrogens (tertiary/aromatic N) is 3. The van der Waals surface area contributed by atoms with E-state index in [0.29, 0.717) is 21.7 Å². The van der Waals surface area contributed by atoms with Crippen LogP contribution in [0.4, 0.5) is 0 Å². The molecule has 2 aromatic carbocycles. The maximum atomic E-state index is 12.8. The Hall–Kier alpha value is -4.27. The molecule has 0 saturated heterocycles. The lowest BCUT2D eigenvalue weighted by molar-refractivity contribution is 0.0844. The molecule has 4 rings (SSSR count). The minimum atomic E-state index is -0.681. The number of carbonyl (C=O) groups is 2. The molecule has 0 bridgehead atoms. The monoisotopic (exact) mass is 417 g/mol. The Bertz CT molecular complexity index is 1470. The van der Waals surface area contributed by atoms with Crippen LogP contribution in [-0.2, 0) is 13.6 Å². The van der Waals surface area contributed by atoms with Crippen LogP contribution in [0.25, 0.3) is 21.7 Å². The zero-order valence-corrected chi connectivity index (χ0v) is 16.9. The fourth-order valence-corrected chi connectivity index (χ4v) is 3.46. The van der Waals surface area contributed by atoms with Crippen molar-refractivity contribution in [3.05, 3.63) is 86.6 Å². The van der Waals surface area contributed by atoms with Crippen molar-refractivity contribution in [2.75, 3.05) is 0 Å². The second kappa shape index (κ2) is 7.86. The topological polar surface area (TPSA) is 115 Å². The number of aromatic nitrogens is 3. The van der Waals surface area contributed by atoms with Crippen molar-refractivity contribution in [1.29, 1.82) is 0 Å². The lowest BCUT2D eigenvalue weighted by Crippen LogP contribution is -2.43. The Morgan fingerprint density at radius 2 is 1.52 bits per heavy atom. The van der Waals surface area contributed by atoms with Crippen LogP contribution in [0, 0.1) is 0 Å². The molecule has 4 aromatic rings. The van der Waals surface area contributed by atoms with E-state index in [1.54, 1.807) is 62.5 Å². The van der Waals surface area contributed by atoms with Crippen molar-refractivity contribution in [3.63, 3.8) is 0 Å². The van der Waals surface area contributed by atoms with Crippen LogP contribution in [0.2, 0.25) is 0 Å². The van der Waals surface area contributed by atoms with Crippen molar-refractivity contribution < 1.29 is 9.59 Å². The summed E-state index contributed by atoms with van der Waals surface area (Å²) in [6.45, 7) is 2.03. The maximum Gasteiger partial charge on any atom is 0.290 e. The van der Waals surface area contributed by atoms with Gasteiger partial charge in [-0.3, -0.25) is 30.0 Å².